The van der Waals surface area contributed by atoms with E-state index in [1.54, 1.807) is 12.1 Å². The molecule has 0 aromatic heterocycles. The molecule has 0 spiro atoms. The fourth-order valence-corrected chi connectivity index (χ4v) is 1.55. The molecule has 0 aliphatic rings. The molecule has 1 aromatic carbocycles. The van der Waals surface area contributed by atoms with Gasteiger partial charge in [-0.05, 0) is 24.1 Å². The molecule has 0 aliphatic carbocycles. The van der Waals surface area contributed by atoms with Crippen LogP contribution < -0.4 is 10.6 Å². The fraction of sp³-hybridized carbons (Fsp3) is 0.385. The molecular weight excluding hydrogens is 248 g/mol. The summed E-state index contributed by atoms with van der Waals surface area (Å²) in [5.41, 5.74) is 1.74. The number of rotatable bonds is 6. The Hall–Kier alpha value is -2.08. The van der Waals surface area contributed by atoms with Crippen LogP contribution in [0.1, 0.15) is 18.9 Å². The number of aliphatic hydroxyl groups excluding tert-OH is 1. The zero-order valence-corrected chi connectivity index (χ0v) is 10.7. The number of carbonyl (C=O) groups is 2. The number of aliphatic carboxylic acids is 1. The normalized spacial score (nSPS) is 11.7. The van der Waals surface area contributed by atoms with Gasteiger partial charge in [0.1, 0.15) is 0 Å². The van der Waals surface area contributed by atoms with Gasteiger partial charge in [0.2, 0.25) is 0 Å². The lowest BCUT2D eigenvalue weighted by Crippen LogP contribution is -2.45. The lowest BCUT2D eigenvalue weighted by Gasteiger charge is -2.12. The SMILES string of the molecule is CCCc1ccc(NC(=O)N[C@@H](CO)C(=O)O)cc1. The second kappa shape index (κ2) is 7.38. The third-order valence-corrected chi connectivity index (χ3v) is 2.54. The third-order valence-electron chi connectivity index (χ3n) is 2.54. The topological polar surface area (TPSA) is 98.7 Å². The van der Waals surface area contributed by atoms with E-state index in [2.05, 4.69) is 17.6 Å². The Balaban J connectivity index is 2.54. The first kappa shape index (κ1) is 15.0. The molecule has 0 radical (unpaired) electrons. The number of carboxylic acids is 1. The molecule has 19 heavy (non-hydrogen) atoms. The molecule has 6 nitrogen and oxygen atoms in total. The minimum Gasteiger partial charge on any atom is -0.480 e. The van der Waals surface area contributed by atoms with Crippen LogP contribution in [0.15, 0.2) is 24.3 Å². The monoisotopic (exact) mass is 266 g/mol. The van der Waals surface area contributed by atoms with Gasteiger partial charge < -0.3 is 20.8 Å². The Labute approximate surface area is 111 Å². The van der Waals surface area contributed by atoms with E-state index in [9.17, 15) is 9.59 Å². The van der Waals surface area contributed by atoms with Gasteiger partial charge in [0.05, 0.1) is 6.61 Å². The lowest BCUT2D eigenvalue weighted by molar-refractivity contribution is -0.140. The molecule has 104 valence electrons. The van der Waals surface area contributed by atoms with E-state index in [0.29, 0.717) is 5.69 Å². The molecule has 1 atom stereocenters. The number of hydrogen-bond acceptors (Lipinski definition) is 3. The summed E-state index contributed by atoms with van der Waals surface area (Å²) in [5.74, 6) is -1.28. The second-order valence-corrected chi connectivity index (χ2v) is 4.12. The molecule has 2 amide bonds. The summed E-state index contributed by atoms with van der Waals surface area (Å²) in [6.07, 6.45) is 2.02. The summed E-state index contributed by atoms with van der Waals surface area (Å²) < 4.78 is 0. The van der Waals surface area contributed by atoms with Crippen molar-refractivity contribution in [3.05, 3.63) is 29.8 Å². The van der Waals surface area contributed by atoms with E-state index in [1.807, 2.05) is 12.1 Å². The lowest BCUT2D eigenvalue weighted by atomic mass is 10.1. The Morgan fingerprint density at radius 3 is 2.37 bits per heavy atom. The van der Waals surface area contributed by atoms with Crippen molar-refractivity contribution >= 4 is 17.7 Å². The van der Waals surface area contributed by atoms with E-state index in [1.165, 1.54) is 5.56 Å². The molecule has 6 heteroatoms. The molecule has 0 aliphatic heterocycles. The van der Waals surface area contributed by atoms with Gasteiger partial charge in [0.25, 0.3) is 0 Å². The molecule has 0 fully saturated rings. The maximum absolute atomic E-state index is 11.5. The van der Waals surface area contributed by atoms with Crippen molar-refractivity contribution in [2.45, 2.75) is 25.8 Å². The number of amides is 2. The Morgan fingerprint density at radius 2 is 1.89 bits per heavy atom. The maximum atomic E-state index is 11.5. The van der Waals surface area contributed by atoms with Crippen LogP contribution in [0.2, 0.25) is 0 Å². The summed E-state index contributed by atoms with van der Waals surface area (Å²) in [5, 5.41) is 22.1. The first-order valence-corrected chi connectivity index (χ1v) is 6.07. The highest BCUT2D eigenvalue weighted by Crippen LogP contribution is 2.10. The summed E-state index contributed by atoms with van der Waals surface area (Å²) in [7, 11) is 0. The molecule has 1 rings (SSSR count). The zero-order valence-electron chi connectivity index (χ0n) is 10.7. The van der Waals surface area contributed by atoms with Crippen LogP contribution in [-0.2, 0) is 11.2 Å². The van der Waals surface area contributed by atoms with Crippen LogP contribution in [0, 0.1) is 0 Å². The van der Waals surface area contributed by atoms with Crippen molar-refractivity contribution in [1.82, 2.24) is 5.32 Å². The predicted octanol–water partition coefficient (Wildman–Crippen LogP) is 1.21. The number of hydrogen-bond donors (Lipinski definition) is 4. The quantitative estimate of drug-likeness (QED) is 0.622. The largest absolute Gasteiger partial charge is 0.480 e. The average molecular weight is 266 g/mol. The highest BCUT2D eigenvalue weighted by Gasteiger charge is 2.18. The number of carbonyl (C=O) groups excluding carboxylic acids is 1. The number of nitrogens with one attached hydrogen (secondary N) is 2. The van der Waals surface area contributed by atoms with E-state index >= 15 is 0 Å². The number of urea groups is 1. The molecule has 0 saturated heterocycles. The van der Waals surface area contributed by atoms with Gasteiger partial charge in [-0.1, -0.05) is 25.5 Å². The Morgan fingerprint density at radius 1 is 1.26 bits per heavy atom. The predicted molar refractivity (Wildman–Crippen MR) is 71.1 cm³/mol. The van der Waals surface area contributed by atoms with Crippen LogP contribution in [0.5, 0.6) is 0 Å². The minimum absolute atomic E-state index is 0.569. The number of anilines is 1. The first-order valence-electron chi connectivity index (χ1n) is 6.07. The molecular formula is C13H18N2O4. The van der Waals surface area contributed by atoms with Crippen molar-refractivity contribution < 1.29 is 19.8 Å². The summed E-state index contributed by atoms with van der Waals surface area (Å²) in [6.45, 7) is 1.43. The van der Waals surface area contributed by atoms with Crippen LogP contribution in [0.25, 0.3) is 0 Å². The van der Waals surface area contributed by atoms with Crippen molar-refractivity contribution in [2.75, 3.05) is 11.9 Å². The fourth-order valence-electron chi connectivity index (χ4n) is 1.55. The molecule has 0 unspecified atom stereocenters. The molecule has 0 bridgehead atoms. The van der Waals surface area contributed by atoms with Crippen molar-refractivity contribution in [2.24, 2.45) is 0 Å². The van der Waals surface area contributed by atoms with Gasteiger partial charge in [-0.3, -0.25) is 0 Å². The standard InChI is InChI=1S/C13H18N2O4/c1-2-3-9-4-6-10(7-5-9)14-13(19)15-11(8-16)12(17)18/h4-7,11,16H,2-3,8H2,1H3,(H,17,18)(H2,14,15,19)/t11-/m0/s1. The van der Waals surface area contributed by atoms with Crippen LogP contribution in [0.3, 0.4) is 0 Å². The van der Waals surface area contributed by atoms with E-state index in [0.717, 1.165) is 12.8 Å². The van der Waals surface area contributed by atoms with E-state index < -0.39 is 24.6 Å². The summed E-state index contributed by atoms with van der Waals surface area (Å²) in [4.78, 5) is 22.1. The molecule has 0 saturated carbocycles. The number of carboxylic acid groups (broad SMARTS) is 1. The number of aliphatic hydroxyl groups is 1. The molecule has 0 heterocycles. The van der Waals surface area contributed by atoms with Gasteiger partial charge in [-0.2, -0.15) is 0 Å². The minimum atomic E-state index is -1.31. The van der Waals surface area contributed by atoms with Crippen molar-refractivity contribution in [1.29, 1.82) is 0 Å². The highest BCUT2D eigenvalue weighted by molar-refractivity contribution is 5.92. The van der Waals surface area contributed by atoms with Gasteiger partial charge in [-0.15, -0.1) is 0 Å². The number of benzene rings is 1. The van der Waals surface area contributed by atoms with Crippen LogP contribution >= 0.6 is 0 Å². The van der Waals surface area contributed by atoms with E-state index in [-0.39, 0.29) is 0 Å². The van der Waals surface area contributed by atoms with Crippen molar-refractivity contribution in [3.63, 3.8) is 0 Å². The first-order chi connectivity index (χ1) is 9.06. The summed E-state index contributed by atoms with van der Waals surface area (Å²) in [6, 6.07) is 5.34. The van der Waals surface area contributed by atoms with Crippen molar-refractivity contribution in [3.8, 4) is 0 Å². The van der Waals surface area contributed by atoms with Gasteiger partial charge in [0, 0.05) is 5.69 Å². The van der Waals surface area contributed by atoms with Gasteiger partial charge >= 0.3 is 12.0 Å². The average Bonchev–Trinajstić information content (AvgIpc) is 2.38. The zero-order chi connectivity index (χ0) is 14.3. The van der Waals surface area contributed by atoms with Crippen LogP contribution in [-0.4, -0.2) is 34.9 Å². The third kappa shape index (κ3) is 4.97. The smallest absolute Gasteiger partial charge is 0.328 e. The molecule has 1 aromatic rings. The maximum Gasteiger partial charge on any atom is 0.328 e. The second-order valence-electron chi connectivity index (χ2n) is 4.12. The Kier molecular flexibility index (Phi) is 5.81. The van der Waals surface area contributed by atoms with Crippen LogP contribution in [0.4, 0.5) is 10.5 Å². The number of aryl methyl sites for hydroxylation is 1. The highest BCUT2D eigenvalue weighted by atomic mass is 16.4. The van der Waals surface area contributed by atoms with Gasteiger partial charge in [-0.25, -0.2) is 9.59 Å². The van der Waals surface area contributed by atoms with Gasteiger partial charge in [0.15, 0.2) is 6.04 Å². The summed E-state index contributed by atoms with van der Waals surface area (Å²) >= 11 is 0. The van der Waals surface area contributed by atoms with E-state index in [4.69, 9.17) is 10.2 Å². The molecule has 4 N–H and O–H groups in total. The Bertz CT molecular complexity index is 431.